The molecule has 0 bridgehead atoms. The molecule has 334 valence electrons. The summed E-state index contributed by atoms with van der Waals surface area (Å²) < 4.78 is 64.1. The van der Waals surface area contributed by atoms with Crippen molar-refractivity contribution in [1.29, 1.82) is 0 Å². The number of rotatable bonds is 20. The van der Waals surface area contributed by atoms with Gasteiger partial charge in [0.1, 0.15) is 54.3 Å². The van der Waals surface area contributed by atoms with Gasteiger partial charge in [0.2, 0.25) is 0 Å². The van der Waals surface area contributed by atoms with E-state index in [1.807, 2.05) is 109 Å². The van der Waals surface area contributed by atoms with Crippen LogP contribution >= 0.6 is 11.8 Å². The minimum atomic E-state index is -1.01. The molecule has 0 spiro atoms. The van der Waals surface area contributed by atoms with Crippen molar-refractivity contribution >= 4 is 11.8 Å². The third kappa shape index (κ3) is 12.2. The molecule has 3 heterocycles. The number of hydrogen-bond acceptors (Lipinski definition) is 12. The standard InChI is InChI=1S/C51H58O11S/c1-3-63-51-48(58-31-37-21-12-6-13-22-37)47(57-30-36-19-10-5-11-20-36)45(55-29-35-17-8-4-9-18-35)41(61-51)33-54-28-38-23-16-24-39(27-38)32-56-46-43(52)44-42(60-50(46)53-2)34-59-49(62-44)40-25-14-7-15-26-40/h4-27,41-52H,3,28-34H2,1-2H3/t41-,42-,43+,44-,45-,46-,47+,48-,49?,50+,51+/m1/s1. The molecule has 0 aromatic heterocycles. The Morgan fingerprint density at radius 3 is 1.70 bits per heavy atom. The van der Waals surface area contributed by atoms with E-state index in [9.17, 15) is 5.11 Å². The number of benzene rings is 5. The van der Waals surface area contributed by atoms with E-state index in [0.717, 1.165) is 39.1 Å². The number of hydrogen-bond donors (Lipinski definition) is 1. The van der Waals surface area contributed by atoms with Crippen molar-refractivity contribution in [3.63, 3.8) is 0 Å². The Kier molecular flexibility index (Phi) is 16.8. The van der Waals surface area contributed by atoms with Crippen LogP contribution in [0, 0.1) is 0 Å². The summed E-state index contributed by atoms with van der Waals surface area (Å²) in [6, 6.07) is 48.1. The van der Waals surface area contributed by atoms with Gasteiger partial charge in [-0.05, 0) is 33.6 Å². The normalized spacial score (nSPS) is 28.3. The van der Waals surface area contributed by atoms with Gasteiger partial charge in [-0.25, -0.2) is 0 Å². The summed E-state index contributed by atoms with van der Waals surface area (Å²) in [5, 5.41) is 11.6. The van der Waals surface area contributed by atoms with Crippen molar-refractivity contribution in [2.75, 3.05) is 26.1 Å². The number of aliphatic hydroxyl groups is 1. The minimum Gasteiger partial charge on any atom is -0.387 e. The lowest BCUT2D eigenvalue weighted by Gasteiger charge is -2.47. The second kappa shape index (κ2) is 23.3. The van der Waals surface area contributed by atoms with E-state index in [1.165, 1.54) is 7.11 Å². The molecule has 63 heavy (non-hydrogen) atoms. The Bertz CT molecular complexity index is 2070. The quantitative estimate of drug-likeness (QED) is 0.0815. The maximum atomic E-state index is 11.6. The Morgan fingerprint density at radius 2 is 1.10 bits per heavy atom. The molecule has 5 aromatic carbocycles. The lowest BCUT2D eigenvalue weighted by atomic mass is 9.97. The van der Waals surface area contributed by atoms with Crippen molar-refractivity contribution in [2.24, 2.45) is 0 Å². The summed E-state index contributed by atoms with van der Waals surface area (Å²) in [5.41, 5.74) is 5.57. The molecule has 11 atom stereocenters. The first kappa shape index (κ1) is 45.6. The summed E-state index contributed by atoms with van der Waals surface area (Å²) in [6.45, 7) is 4.33. The first-order valence-corrected chi connectivity index (χ1v) is 22.8. The van der Waals surface area contributed by atoms with Crippen LogP contribution in [0.3, 0.4) is 0 Å². The Morgan fingerprint density at radius 1 is 0.571 bits per heavy atom. The molecule has 3 fully saturated rings. The minimum absolute atomic E-state index is 0.205. The van der Waals surface area contributed by atoms with Crippen molar-refractivity contribution in [3.05, 3.63) is 179 Å². The van der Waals surface area contributed by atoms with E-state index in [0.29, 0.717) is 26.4 Å². The molecule has 0 aliphatic carbocycles. The van der Waals surface area contributed by atoms with E-state index in [-0.39, 0.29) is 25.3 Å². The third-order valence-electron chi connectivity index (χ3n) is 11.4. The predicted molar refractivity (Wildman–Crippen MR) is 238 cm³/mol. The van der Waals surface area contributed by atoms with Gasteiger partial charge in [0.15, 0.2) is 12.6 Å². The average molecular weight is 879 g/mol. The highest BCUT2D eigenvalue weighted by atomic mass is 32.2. The molecule has 11 nitrogen and oxygen atoms in total. The summed E-state index contributed by atoms with van der Waals surface area (Å²) in [5.74, 6) is 0.825. The predicted octanol–water partition coefficient (Wildman–Crippen LogP) is 8.17. The van der Waals surface area contributed by atoms with Crippen LogP contribution in [0.2, 0.25) is 0 Å². The molecule has 8 rings (SSSR count). The van der Waals surface area contributed by atoms with Crippen molar-refractivity contribution in [1.82, 2.24) is 0 Å². The molecule has 0 amide bonds. The fourth-order valence-electron chi connectivity index (χ4n) is 8.19. The van der Waals surface area contributed by atoms with Gasteiger partial charge in [0.25, 0.3) is 0 Å². The van der Waals surface area contributed by atoms with E-state index >= 15 is 0 Å². The van der Waals surface area contributed by atoms with Gasteiger partial charge in [0.05, 0.1) is 46.2 Å². The Labute approximate surface area is 374 Å². The third-order valence-corrected chi connectivity index (χ3v) is 12.4. The zero-order chi connectivity index (χ0) is 43.2. The van der Waals surface area contributed by atoms with Gasteiger partial charge in [-0.3, -0.25) is 0 Å². The maximum Gasteiger partial charge on any atom is 0.186 e. The molecule has 0 radical (unpaired) electrons. The Balaban J connectivity index is 0.944. The summed E-state index contributed by atoms with van der Waals surface area (Å²) >= 11 is 1.70. The number of methoxy groups -OCH3 is 1. The summed E-state index contributed by atoms with van der Waals surface area (Å²) in [7, 11) is 1.54. The molecule has 3 saturated heterocycles. The number of aliphatic hydroxyl groups excluding tert-OH is 1. The highest BCUT2D eigenvalue weighted by Crippen LogP contribution is 2.37. The van der Waals surface area contributed by atoms with Gasteiger partial charge in [-0.2, -0.15) is 0 Å². The van der Waals surface area contributed by atoms with Crippen LogP contribution < -0.4 is 0 Å². The van der Waals surface area contributed by atoms with Crippen LogP contribution in [0.25, 0.3) is 0 Å². The maximum absolute atomic E-state index is 11.6. The topological polar surface area (TPSA) is 113 Å². The largest absolute Gasteiger partial charge is 0.387 e. The molecule has 1 unspecified atom stereocenters. The second-order valence-corrected chi connectivity index (χ2v) is 17.2. The second-order valence-electron chi connectivity index (χ2n) is 15.8. The molecule has 5 aromatic rings. The zero-order valence-corrected chi connectivity index (χ0v) is 36.6. The van der Waals surface area contributed by atoms with E-state index < -0.39 is 61.4 Å². The fraction of sp³-hybridized carbons (Fsp3) is 0.412. The fourth-order valence-corrected chi connectivity index (χ4v) is 9.16. The van der Waals surface area contributed by atoms with E-state index in [2.05, 4.69) is 43.3 Å². The first-order chi connectivity index (χ1) is 31.1. The molecule has 0 saturated carbocycles. The molecular formula is C51H58O11S. The van der Waals surface area contributed by atoms with Crippen LogP contribution in [0.15, 0.2) is 146 Å². The molecule has 12 heteroatoms. The Hall–Kier alpha value is -3.99. The summed E-state index contributed by atoms with van der Waals surface area (Å²) in [4.78, 5) is 0. The first-order valence-electron chi connectivity index (χ1n) is 21.8. The van der Waals surface area contributed by atoms with E-state index in [4.69, 9.17) is 47.4 Å². The van der Waals surface area contributed by atoms with E-state index in [1.54, 1.807) is 11.8 Å². The monoisotopic (exact) mass is 878 g/mol. The van der Waals surface area contributed by atoms with Crippen LogP contribution in [0.1, 0.15) is 46.6 Å². The van der Waals surface area contributed by atoms with Crippen molar-refractivity contribution < 1.29 is 52.5 Å². The lowest BCUT2D eigenvalue weighted by molar-refractivity contribution is -0.363. The summed E-state index contributed by atoms with van der Waals surface area (Å²) in [6.07, 6.45) is -6.26. The van der Waals surface area contributed by atoms with Crippen LogP contribution in [-0.4, -0.2) is 91.7 Å². The van der Waals surface area contributed by atoms with Gasteiger partial charge in [0, 0.05) is 12.7 Å². The van der Waals surface area contributed by atoms with Gasteiger partial charge < -0.3 is 52.5 Å². The lowest BCUT2D eigenvalue weighted by Crippen LogP contribution is -2.62. The zero-order valence-electron chi connectivity index (χ0n) is 35.8. The number of thioether (sulfide) groups is 1. The van der Waals surface area contributed by atoms with Gasteiger partial charge >= 0.3 is 0 Å². The van der Waals surface area contributed by atoms with Crippen LogP contribution in [0.4, 0.5) is 0 Å². The van der Waals surface area contributed by atoms with Gasteiger partial charge in [-0.1, -0.05) is 153 Å². The smallest absolute Gasteiger partial charge is 0.186 e. The SMILES string of the molecule is CCS[C@@H]1O[C@H](COCc2cccc(CO[C@H]3[C@@H](OC)O[C@@H]4COC(c5ccccc5)O[C@H]4[C@@H]3O)c2)[C@@H](OCc2ccccc2)[C@H](OCc2ccccc2)[C@H]1OCc1ccccc1. The molecule has 1 N–H and O–H groups in total. The van der Waals surface area contributed by atoms with Crippen molar-refractivity contribution in [2.45, 2.75) is 107 Å². The molecule has 3 aliphatic heterocycles. The average Bonchev–Trinajstić information content (AvgIpc) is 3.33. The molecular weight excluding hydrogens is 821 g/mol. The molecule has 3 aliphatic rings. The number of fused-ring (bicyclic) bond motifs is 1. The highest BCUT2D eigenvalue weighted by molar-refractivity contribution is 7.99. The highest BCUT2D eigenvalue weighted by Gasteiger charge is 2.51. The van der Waals surface area contributed by atoms with Crippen LogP contribution in [-0.2, 0) is 80.4 Å². The van der Waals surface area contributed by atoms with Gasteiger partial charge in [-0.15, -0.1) is 11.8 Å². The van der Waals surface area contributed by atoms with Crippen molar-refractivity contribution in [3.8, 4) is 0 Å². The number of ether oxygens (including phenoxy) is 10. The van der Waals surface area contributed by atoms with Crippen LogP contribution in [0.5, 0.6) is 0 Å².